The highest BCUT2D eigenvalue weighted by atomic mass is 127. The second-order valence-corrected chi connectivity index (χ2v) is 5.64. The number of hydrogen-bond donors (Lipinski definition) is 1. The van der Waals surface area contributed by atoms with Gasteiger partial charge in [-0.1, -0.05) is 28.9 Å². The van der Waals surface area contributed by atoms with Gasteiger partial charge in [0.25, 0.3) is 0 Å². The zero-order valence-electron chi connectivity index (χ0n) is 14.1. The number of hydrogen-bond acceptors (Lipinski definition) is 4. The fourth-order valence-corrected chi connectivity index (χ4v) is 2.37. The lowest BCUT2D eigenvalue weighted by Crippen LogP contribution is -2.38. The molecule has 1 N–H and O–H groups in total. The Labute approximate surface area is 164 Å². The number of aryl methyl sites for hydroxylation is 1. The maximum Gasteiger partial charge on any atom is 0.228 e. The average molecular weight is 464 g/mol. The number of halogens is 2. The van der Waals surface area contributed by atoms with E-state index in [1.165, 1.54) is 0 Å². The van der Waals surface area contributed by atoms with Gasteiger partial charge in [-0.3, -0.25) is 4.99 Å². The Kier molecular flexibility index (Phi) is 9.05. The van der Waals surface area contributed by atoms with Crippen LogP contribution in [0, 0.1) is 6.92 Å². The van der Waals surface area contributed by atoms with Crippen LogP contribution in [0.2, 0.25) is 5.02 Å². The maximum atomic E-state index is 6.03. The van der Waals surface area contributed by atoms with Gasteiger partial charge in [-0.15, -0.1) is 24.0 Å². The van der Waals surface area contributed by atoms with E-state index >= 15 is 0 Å². The highest BCUT2D eigenvalue weighted by Gasteiger charge is 2.08. The smallest absolute Gasteiger partial charge is 0.228 e. The highest BCUT2D eigenvalue weighted by Crippen LogP contribution is 2.12. The summed E-state index contributed by atoms with van der Waals surface area (Å²) in [6.45, 7) is 5.97. The Morgan fingerprint density at radius 2 is 2.21 bits per heavy atom. The van der Waals surface area contributed by atoms with E-state index in [-0.39, 0.29) is 24.0 Å². The van der Waals surface area contributed by atoms with Gasteiger partial charge in [0.2, 0.25) is 5.89 Å². The van der Waals surface area contributed by atoms with E-state index < -0.39 is 0 Å². The van der Waals surface area contributed by atoms with Crippen molar-refractivity contribution < 1.29 is 4.52 Å². The van der Waals surface area contributed by atoms with Gasteiger partial charge >= 0.3 is 0 Å². The van der Waals surface area contributed by atoms with Crippen LogP contribution < -0.4 is 5.32 Å². The summed E-state index contributed by atoms with van der Waals surface area (Å²) >= 11 is 6.03. The van der Waals surface area contributed by atoms with Crippen molar-refractivity contribution in [3.63, 3.8) is 0 Å². The summed E-state index contributed by atoms with van der Waals surface area (Å²) in [4.78, 5) is 10.9. The van der Waals surface area contributed by atoms with Gasteiger partial charge < -0.3 is 14.7 Å². The molecule has 0 aliphatic carbocycles. The largest absolute Gasteiger partial charge is 0.357 e. The molecule has 6 nitrogen and oxygen atoms in total. The fraction of sp³-hybridized carbons (Fsp3) is 0.438. The van der Waals surface area contributed by atoms with E-state index in [4.69, 9.17) is 16.1 Å². The molecule has 0 radical (unpaired) electrons. The van der Waals surface area contributed by atoms with Crippen LogP contribution in [-0.4, -0.2) is 41.1 Å². The second-order valence-electron chi connectivity index (χ2n) is 5.21. The quantitative estimate of drug-likeness (QED) is 0.404. The zero-order valence-corrected chi connectivity index (χ0v) is 17.2. The number of nitrogens with one attached hydrogen (secondary N) is 1. The first-order valence-corrected chi connectivity index (χ1v) is 7.99. The molecule has 0 aliphatic heterocycles. The van der Waals surface area contributed by atoms with Crippen molar-refractivity contribution in [3.05, 3.63) is 46.6 Å². The number of benzene rings is 1. The molecule has 1 heterocycles. The summed E-state index contributed by atoms with van der Waals surface area (Å²) in [5, 5.41) is 7.80. The molecule has 0 aliphatic rings. The van der Waals surface area contributed by atoms with Gasteiger partial charge in [0.05, 0.1) is 6.54 Å². The van der Waals surface area contributed by atoms with E-state index in [0.717, 1.165) is 29.6 Å². The number of aliphatic imine (C=N–C) groups is 1. The Morgan fingerprint density at radius 1 is 1.42 bits per heavy atom. The summed E-state index contributed by atoms with van der Waals surface area (Å²) in [7, 11) is 2.00. The Bertz CT molecular complexity index is 661. The van der Waals surface area contributed by atoms with Crippen molar-refractivity contribution in [3.8, 4) is 0 Å². The molecule has 0 atom stereocenters. The number of rotatable bonds is 6. The first-order chi connectivity index (χ1) is 11.1. The molecule has 0 saturated heterocycles. The van der Waals surface area contributed by atoms with Crippen LogP contribution in [-0.2, 0) is 13.0 Å². The zero-order chi connectivity index (χ0) is 16.7. The van der Waals surface area contributed by atoms with Gasteiger partial charge in [-0.2, -0.15) is 4.98 Å². The Balaban J connectivity index is 0.00000288. The number of aromatic nitrogens is 2. The van der Waals surface area contributed by atoms with Crippen molar-refractivity contribution in [2.45, 2.75) is 26.8 Å². The van der Waals surface area contributed by atoms with Gasteiger partial charge in [0, 0.05) is 31.6 Å². The number of nitrogens with zero attached hydrogens (tertiary/aromatic N) is 4. The molecule has 0 saturated carbocycles. The standard InChI is InChI=1S/C16H22ClN5O.HI/c1-4-18-16(19-9-8-15-20-12(2)21-23-15)22(3)11-13-6-5-7-14(17)10-13;/h5-7,10H,4,8-9,11H2,1-3H3,(H,18,19);1H. The predicted octanol–water partition coefficient (Wildman–Crippen LogP) is 3.29. The molecule has 132 valence electrons. The molecule has 1 aromatic heterocycles. The Hall–Kier alpha value is -1.35. The van der Waals surface area contributed by atoms with Gasteiger partial charge in [-0.05, 0) is 31.5 Å². The van der Waals surface area contributed by atoms with E-state index in [1.54, 1.807) is 6.92 Å². The third-order valence-corrected chi connectivity index (χ3v) is 3.40. The van der Waals surface area contributed by atoms with Crippen LogP contribution in [0.15, 0.2) is 33.8 Å². The van der Waals surface area contributed by atoms with Crippen molar-refractivity contribution >= 4 is 41.5 Å². The summed E-state index contributed by atoms with van der Waals surface area (Å²) in [5.41, 5.74) is 1.14. The van der Waals surface area contributed by atoms with Gasteiger partial charge in [-0.25, -0.2) is 0 Å². The second kappa shape index (κ2) is 10.5. The summed E-state index contributed by atoms with van der Waals surface area (Å²) in [5.74, 6) is 2.09. The van der Waals surface area contributed by atoms with Crippen LogP contribution in [0.3, 0.4) is 0 Å². The minimum absolute atomic E-state index is 0. The molecule has 0 spiro atoms. The monoisotopic (exact) mass is 463 g/mol. The lowest BCUT2D eigenvalue weighted by Gasteiger charge is -2.22. The van der Waals surface area contributed by atoms with E-state index in [9.17, 15) is 0 Å². The lowest BCUT2D eigenvalue weighted by atomic mass is 10.2. The molecule has 0 bridgehead atoms. The molecule has 0 amide bonds. The topological polar surface area (TPSA) is 66.5 Å². The summed E-state index contributed by atoms with van der Waals surface area (Å²) in [6.07, 6.45) is 0.626. The third-order valence-electron chi connectivity index (χ3n) is 3.16. The lowest BCUT2D eigenvalue weighted by molar-refractivity contribution is 0.375. The first kappa shape index (κ1) is 20.7. The molecule has 2 aromatic rings. The summed E-state index contributed by atoms with van der Waals surface area (Å²) in [6, 6.07) is 7.83. The van der Waals surface area contributed by atoms with Crippen LogP contribution in [0.1, 0.15) is 24.2 Å². The van der Waals surface area contributed by atoms with E-state index in [0.29, 0.717) is 24.7 Å². The van der Waals surface area contributed by atoms with Crippen molar-refractivity contribution in [1.29, 1.82) is 0 Å². The molecule has 24 heavy (non-hydrogen) atoms. The fourth-order valence-electron chi connectivity index (χ4n) is 2.15. The molecule has 2 rings (SSSR count). The molecular weight excluding hydrogens is 441 g/mol. The van der Waals surface area contributed by atoms with E-state index in [1.807, 2.05) is 38.2 Å². The third kappa shape index (κ3) is 6.64. The van der Waals surface area contributed by atoms with Gasteiger partial charge in [0.15, 0.2) is 11.8 Å². The molecule has 1 aromatic carbocycles. The van der Waals surface area contributed by atoms with Crippen molar-refractivity contribution in [2.24, 2.45) is 4.99 Å². The first-order valence-electron chi connectivity index (χ1n) is 7.61. The Morgan fingerprint density at radius 3 is 2.83 bits per heavy atom. The highest BCUT2D eigenvalue weighted by molar-refractivity contribution is 14.0. The van der Waals surface area contributed by atoms with Crippen LogP contribution in [0.5, 0.6) is 0 Å². The van der Waals surface area contributed by atoms with E-state index in [2.05, 4.69) is 25.3 Å². The molecule has 8 heteroatoms. The van der Waals surface area contributed by atoms with Crippen molar-refractivity contribution in [2.75, 3.05) is 20.1 Å². The molecule has 0 unspecified atom stereocenters. The predicted molar refractivity (Wildman–Crippen MR) is 107 cm³/mol. The molecular formula is C16H23ClIN5O. The molecule has 0 fully saturated rings. The maximum absolute atomic E-state index is 6.03. The van der Waals surface area contributed by atoms with Crippen LogP contribution in [0.4, 0.5) is 0 Å². The van der Waals surface area contributed by atoms with Crippen LogP contribution in [0.25, 0.3) is 0 Å². The summed E-state index contributed by atoms with van der Waals surface area (Å²) < 4.78 is 5.10. The minimum Gasteiger partial charge on any atom is -0.357 e. The van der Waals surface area contributed by atoms with Gasteiger partial charge in [0.1, 0.15) is 0 Å². The number of guanidine groups is 1. The van der Waals surface area contributed by atoms with Crippen molar-refractivity contribution in [1.82, 2.24) is 20.4 Å². The average Bonchev–Trinajstić information content (AvgIpc) is 2.92. The normalized spacial score (nSPS) is 11.1. The van der Waals surface area contributed by atoms with Crippen LogP contribution >= 0.6 is 35.6 Å². The SMILES string of the molecule is CCNC(=NCCc1nc(C)no1)N(C)Cc1cccc(Cl)c1.I. The minimum atomic E-state index is 0.